The van der Waals surface area contributed by atoms with E-state index >= 15 is 0 Å². The number of aromatic amines is 1. The summed E-state index contributed by atoms with van der Waals surface area (Å²) in [5.41, 5.74) is 1.95. The summed E-state index contributed by atoms with van der Waals surface area (Å²) >= 11 is 3.39. The van der Waals surface area contributed by atoms with Crippen molar-refractivity contribution in [3.63, 3.8) is 0 Å². The Morgan fingerprint density at radius 2 is 1.93 bits per heavy atom. The number of aromatic nitrogens is 2. The van der Waals surface area contributed by atoms with Crippen molar-refractivity contribution in [2.75, 3.05) is 33.4 Å². The number of halogens is 1. The number of amides is 1. The number of likely N-dealkylation sites (N-methyl/N-ethyl adjacent to an activating group) is 1. The molecule has 29 heavy (non-hydrogen) atoms. The van der Waals surface area contributed by atoms with E-state index in [1.165, 1.54) is 0 Å². The molecule has 1 aliphatic heterocycles. The predicted octanol–water partition coefficient (Wildman–Crippen LogP) is 3.76. The number of fused-ring (bicyclic) bond motifs is 1. The van der Waals surface area contributed by atoms with Gasteiger partial charge in [0.2, 0.25) is 0 Å². The highest BCUT2D eigenvalue weighted by atomic mass is 79.9. The average molecular weight is 458 g/mol. The lowest BCUT2D eigenvalue weighted by Crippen LogP contribution is -2.31. The monoisotopic (exact) mass is 457 g/mol. The number of hydrogen-bond acceptors (Lipinski definition) is 5. The molecule has 0 bridgehead atoms. The van der Waals surface area contributed by atoms with Crippen LogP contribution in [0.5, 0.6) is 17.2 Å². The summed E-state index contributed by atoms with van der Waals surface area (Å²) in [6.07, 6.45) is 1.54. The van der Waals surface area contributed by atoms with Gasteiger partial charge >= 0.3 is 0 Å². The molecule has 2 aromatic carbocycles. The van der Waals surface area contributed by atoms with Crippen LogP contribution < -0.4 is 14.2 Å². The highest BCUT2D eigenvalue weighted by Gasteiger charge is 2.21. The van der Waals surface area contributed by atoms with Gasteiger partial charge in [0.15, 0.2) is 11.5 Å². The number of hydrogen-bond donors (Lipinski definition) is 1. The molecular formula is C21H20BrN3O4. The van der Waals surface area contributed by atoms with Crippen molar-refractivity contribution in [2.24, 2.45) is 0 Å². The maximum atomic E-state index is 12.9. The second kappa shape index (κ2) is 8.57. The van der Waals surface area contributed by atoms with Crippen LogP contribution in [0, 0.1) is 0 Å². The molecule has 1 aromatic heterocycles. The number of nitrogens with zero attached hydrogens (tertiary/aromatic N) is 2. The average Bonchev–Trinajstić information content (AvgIpc) is 3.24. The Morgan fingerprint density at radius 1 is 1.17 bits per heavy atom. The summed E-state index contributed by atoms with van der Waals surface area (Å²) in [7, 11) is 1.74. The minimum atomic E-state index is -0.136. The molecule has 0 radical (unpaired) electrons. The molecule has 0 saturated carbocycles. The third kappa shape index (κ3) is 4.37. The molecule has 0 unspecified atom stereocenters. The number of H-pyrrole nitrogens is 1. The molecular weight excluding hydrogens is 438 g/mol. The van der Waals surface area contributed by atoms with Gasteiger partial charge in [-0.25, -0.2) is 0 Å². The molecule has 0 aliphatic carbocycles. The van der Waals surface area contributed by atoms with Gasteiger partial charge in [-0.15, -0.1) is 0 Å². The van der Waals surface area contributed by atoms with E-state index in [1.807, 2.05) is 42.5 Å². The molecule has 4 rings (SSSR count). The van der Waals surface area contributed by atoms with Gasteiger partial charge in [-0.05, 0) is 42.5 Å². The first-order chi connectivity index (χ1) is 14.1. The summed E-state index contributed by atoms with van der Waals surface area (Å²) in [6, 6.07) is 13.2. The zero-order valence-electron chi connectivity index (χ0n) is 15.9. The quantitative estimate of drug-likeness (QED) is 0.609. The van der Waals surface area contributed by atoms with Crippen molar-refractivity contribution < 1.29 is 19.0 Å². The summed E-state index contributed by atoms with van der Waals surface area (Å²) < 4.78 is 17.9. The normalized spacial score (nSPS) is 12.5. The molecule has 3 aromatic rings. The minimum absolute atomic E-state index is 0.136. The third-order valence-corrected chi connectivity index (χ3v) is 5.09. The fourth-order valence-corrected chi connectivity index (χ4v) is 3.27. The maximum absolute atomic E-state index is 12.9. The fourth-order valence-electron chi connectivity index (χ4n) is 3.01. The van der Waals surface area contributed by atoms with E-state index < -0.39 is 0 Å². The summed E-state index contributed by atoms with van der Waals surface area (Å²) in [5, 5.41) is 6.99. The number of carbonyl (C=O) groups excluding carboxylic acids is 1. The highest BCUT2D eigenvalue weighted by molar-refractivity contribution is 9.10. The van der Waals surface area contributed by atoms with Gasteiger partial charge in [-0.1, -0.05) is 15.9 Å². The van der Waals surface area contributed by atoms with Gasteiger partial charge in [0.25, 0.3) is 5.91 Å². The molecule has 2 heterocycles. The Balaban J connectivity index is 1.43. The van der Waals surface area contributed by atoms with Crippen LogP contribution in [-0.2, 0) is 0 Å². The van der Waals surface area contributed by atoms with Crippen LogP contribution in [0.1, 0.15) is 10.4 Å². The van der Waals surface area contributed by atoms with Crippen LogP contribution in [0.25, 0.3) is 11.3 Å². The van der Waals surface area contributed by atoms with Crippen LogP contribution in [0.4, 0.5) is 0 Å². The molecule has 1 amide bonds. The van der Waals surface area contributed by atoms with Crippen LogP contribution in [0.3, 0.4) is 0 Å². The molecule has 8 heteroatoms. The van der Waals surface area contributed by atoms with Crippen LogP contribution in [-0.4, -0.2) is 54.4 Å². The zero-order valence-corrected chi connectivity index (χ0v) is 17.4. The Labute approximate surface area is 176 Å². The summed E-state index contributed by atoms with van der Waals surface area (Å²) in [6.45, 7) is 1.88. The molecule has 1 aliphatic rings. The maximum Gasteiger partial charge on any atom is 0.257 e. The zero-order chi connectivity index (χ0) is 20.2. The van der Waals surface area contributed by atoms with Crippen LogP contribution in [0.2, 0.25) is 0 Å². The Bertz CT molecular complexity index is 1000. The Hall–Kier alpha value is -3.00. The van der Waals surface area contributed by atoms with Crippen LogP contribution >= 0.6 is 15.9 Å². The third-order valence-electron chi connectivity index (χ3n) is 4.56. The smallest absolute Gasteiger partial charge is 0.257 e. The Morgan fingerprint density at radius 3 is 2.72 bits per heavy atom. The summed E-state index contributed by atoms with van der Waals surface area (Å²) in [5.74, 6) is 1.99. The van der Waals surface area contributed by atoms with Crippen molar-refractivity contribution in [2.45, 2.75) is 0 Å². The largest absolute Gasteiger partial charge is 0.492 e. The SMILES string of the molecule is CN(CCOc1ccc(Br)cc1)C(=O)c1cn[nH]c1-c1ccc2c(c1)OCCO2. The molecule has 7 nitrogen and oxygen atoms in total. The molecule has 150 valence electrons. The van der Waals surface area contributed by atoms with Crippen molar-refractivity contribution >= 4 is 21.8 Å². The van der Waals surface area contributed by atoms with E-state index in [2.05, 4.69) is 26.1 Å². The molecule has 0 atom stereocenters. The van der Waals surface area contributed by atoms with Crippen molar-refractivity contribution in [1.29, 1.82) is 0 Å². The van der Waals surface area contributed by atoms with Crippen molar-refractivity contribution in [3.05, 3.63) is 58.7 Å². The van der Waals surface area contributed by atoms with Gasteiger partial charge in [0.1, 0.15) is 25.6 Å². The van der Waals surface area contributed by atoms with Gasteiger partial charge in [0, 0.05) is 17.1 Å². The van der Waals surface area contributed by atoms with E-state index in [1.54, 1.807) is 18.1 Å². The Kier molecular flexibility index (Phi) is 5.71. The number of carbonyl (C=O) groups is 1. The first-order valence-electron chi connectivity index (χ1n) is 9.19. The highest BCUT2D eigenvalue weighted by Crippen LogP contribution is 2.35. The predicted molar refractivity (Wildman–Crippen MR) is 112 cm³/mol. The number of benzene rings is 2. The van der Waals surface area contributed by atoms with E-state index in [-0.39, 0.29) is 5.91 Å². The lowest BCUT2D eigenvalue weighted by molar-refractivity contribution is 0.0774. The van der Waals surface area contributed by atoms with Crippen LogP contribution in [0.15, 0.2) is 53.1 Å². The fraction of sp³-hybridized carbons (Fsp3) is 0.238. The van der Waals surface area contributed by atoms with E-state index in [9.17, 15) is 4.79 Å². The minimum Gasteiger partial charge on any atom is -0.492 e. The van der Waals surface area contributed by atoms with E-state index in [4.69, 9.17) is 14.2 Å². The first-order valence-corrected chi connectivity index (χ1v) is 9.98. The lowest BCUT2D eigenvalue weighted by Gasteiger charge is -2.19. The molecule has 0 spiro atoms. The van der Waals surface area contributed by atoms with E-state index in [0.717, 1.165) is 15.8 Å². The topological polar surface area (TPSA) is 76.7 Å². The standard InChI is InChI=1S/C21H20BrN3O4/c1-25(8-9-27-16-5-3-15(22)4-6-16)21(26)17-13-23-24-20(17)14-2-7-18-19(12-14)29-11-10-28-18/h2-7,12-13H,8-11H2,1H3,(H,23,24). The van der Waals surface area contributed by atoms with Gasteiger partial charge < -0.3 is 19.1 Å². The molecule has 0 fully saturated rings. The number of rotatable bonds is 6. The second-order valence-corrected chi connectivity index (χ2v) is 7.46. The molecule has 0 saturated heterocycles. The summed E-state index contributed by atoms with van der Waals surface area (Å²) in [4.78, 5) is 14.5. The second-order valence-electron chi connectivity index (χ2n) is 6.55. The van der Waals surface area contributed by atoms with Gasteiger partial charge in [-0.2, -0.15) is 5.10 Å². The van der Waals surface area contributed by atoms with Gasteiger partial charge in [-0.3, -0.25) is 9.89 Å². The van der Waals surface area contributed by atoms with Gasteiger partial charge in [0.05, 0.1) is 24.0 Å². The van der Waals surface area contributed by atoms with E-state index in [0.29, 0.717) is 49.1 Å². The number of nitrogens with one attached hydrogen (secondary N) is 1. The van der Waals surface area contributed by atoms with Crippen molar-refractivity contribution in [1.82, 2.24) is 15.1 Å². The van der Waals surface area contributed by atoms with Crippen molar-refractivity contribution in [3.8, 4) is 28.5 Å². The molecule has 1 N–H and O–H groups in total. The number of ether oxygens (including phenoxy) is 3. The lowest BCUT2D eigenvalue weighted by atomic mass is 10.1. The first kappa shape index (κ1) is 19.3.